The van der Waals surface area contributed by atoms with Crippen molar-refractivity contribution in [2.75, 3.05) is 30.0 Å². The average Bonchev–Trinajstić information content (AvgIpc) is 2.89. The molecule has 0 N–H and O–H groups in total. The molecule has 0 unspecified atom stereocenters. The van der Waals surface area contributed by atoms with E-state index in [1.54, 1.807) is 41.7 Å². The minimum atomic E-state index is -0.0684. The van der Waals surface area contributed by atoms with Gasteiger partial charge in [-0.3, -0.25) is 19.8 Å². The van der Waals surface area contributed by atoms with Gasteiger partial charge in [-0.05, 0) is 18.6 Å². The maximum Gasteiger partial charge on any atom is 0.329 e. The number of hydrogen-bond acceptors (Lipinski definition) is 4. The summed E-state index contributed by atoms with van der Waals surface area (Å²) in [5.41, 5.74) is 2.62. The second-order valence-corrected chi connectivity index (χ2v) is 4.83. The van der Waals surface area contributed by atoms with Crippen LogP contribution < -0.4 is 14.5 Å². The summed E-state index contributed by atoms with van der Waals surface area (Å²) in [7, 11) is 1.58. The van der Waals surface area contributed by atoms with Crippen LogP contribution in [0.25, 0.3) is 0 Å². The molecule has 2 amide bonds. The van der Waals surface area contributed by atoms with Crippen molar-refractivity contribution < 1.29 is 9.53 Å². The van der Waals surface area contributed by atoms with Gasteiger partial charge in [0.05, 0.1) is 37.1 Å². The highest BCUT2D eigenvalue weighted by Crippen LogP contribution is 2.27. The fourth-order valence-corrected chi connectivity index (χ4v) is 2.40. The molecule has 3 rings (SSSR count). The maximum atomic E-state index is 12.6. The first-order chi connectivity index (χ1) is 10.2. The van der Waals surface area contributed by atoms with E-state index in [2.05, 4.69) is 9.97 Å². The summed E-state index contributed by atoms with van der Waals surface area (Å²) in [6.45, 7) is 3.21. The summed E-state index contributed by atoms with van der Waals surface area (Å²) in [5, 5.41) is 0. The first-order valence-corrected chi connectivity index (χ1v) is 6.69. The molecule has 6 nitrogen and oxygen atoms in total. The lowest BCUT2D eigenvalue weighted by atomic mass is 10.2. The molecule has 3 heterocycles. The molecule has 2 aromatic heterocycles. The van der Waals surface area contributed by atoms with Crippen LogP contribution in [0.1, 0.15) is 5.56 Å². The smallest absolute Gasteiger partial charge is 0.329 e. The quantitative estimate of drug-likeness (QED) is 0.867. The van der Waals surface area contributed by atoms with E-state index in [0.29, 0.717) is 18.8 Å². The van der Waals surface area contributed by atoms with E-state index in [-0.39, 0.29) is 6.03 Å². The number of carbonyl (C=O) groups is 1. The highest BCUT2D eigenvalue weighted by atomic mass is 16.5. The van der Waals surface area contributed by atoms with Crippen LogP contribution in [0.4, 0.5) is 16.2 Å². The minimum absolute atomic E-state index is 0.0684. The van der Waals surface area contributed by atoms with Crippen LogP contribution in [0.3, 0.4) is 0 Å². The fraction of sp³-hybridized carbons (Fsp3) is 0.267. The Hall–Kier alpha value is -2.63. The predicted octanol–water partition coefficient (Wildman–Crippen LogP) is 2.24. The van der Waals surface area contributed by atoms with Crippen LogP contribution in [0.5, 0.6) is 5.75 Å². The third-order valence-electron chi connectivity index (χ3n) is 3.56. The van der Waals surface area contributed by atoms with Gasteiger partial charge < -0.3 is 4.74 Å². The molecule has 0 aromatic carbocycles. The Bertz CT molecular complexity index is 674. The number of aromatic nitrogens is 2. The van der Waals surface area contributed by atoms with Crippen LogP contribution in [0, 0.1) is 6.92 Å². The molecule has 1 fully saturated rings. The number of nitrogens with zero attached hydrogens (tertiary/aromatic N) is 4. The molecular formula is C15H16N4O2. The molecule has 108 valence electrons. The molecule has 1 aliphatic rings. The first kappa shape index (κ1) is 13.4. The molecule has 0 spiro atoms. The summed E-state index contributed by atoms with van der Waals surface area (Å²) in [5.74, 6) is 0.635. The van der Waals surface area contributed by atoms with Gasteiger partial charge in [-0.2, -0.15) is 0 Å². The lowest BCUT2D eigenvalue weighted by molar-refractivity contribution is 0.256. The lowest BCUT2D eigenvalue weighted by Crippen LogP contribution is -2.32. The fourth-order valence-electron chi connectivity index (χ4n) is 2.40. The van der Waals surface area contributed by atoms with Gasteiger partial charge >= 0.3 is 6.03 Å². The minimum Gasteiger partial charge on any atom is -0.495 e. The highest BCUT2D eigenvalue weighted by molar-refractivity contribution is 6.06. The standard InChI is InChI=1S/C15H16N4O2/c1-11-3-4-16-10-14(11)19-6-5-18(15(19)20)12-7-13(21-2)9-17-8-12/h3-4,7-10H,5-6H2,1-2H3. The Morgan fingerprint density at radius 3 is 2.71 bits per heavy atom. The summed E-state index contributed by atoms with van der Waals surface area (Å²) < 4.78 is 5.16. The summed E-state index contributed by atoms with van der Waals surface area (Å²) in [6.07, 6.45) is 6.73. The number of rotatable bonds is 3. The SMILES string of the molecule is COc1cncc(N2CCN(c3cnccc3C)C2=O)c1. The van der Waals surface area contributed by atoms with E-state index in [1.165, 1.54) is 0 Å². The molecule has 0 atom stereocenters. The normalized spacial score (nSPS) is 14.7. The Kier molecular flexibility index (Phi) is 3.43. The molecule has 1 saturated heterocycles. The molecule has 0 bridgehead atoms. The van der Waals surface area contributed by atoms with E-state index in [1.807, 2.05) is 19.1 Å². The largest absolute Gasteiger partial charge is 0.495 e. The number of urea groups is 1. The van der Waals surface area contributed by atoms with Crippen molar-refractivity contribution in [1.29, 1.82) is 0 Å². The van der Waals surface area contributed by atoms with Gasteiger partial charge in [0.1, 0.15) is 5.75 Å². The zero-order valence-electron chi connectivity index (χ0n) is 12.0. The third kappa shape index (κ3) is 2.40. The van der Waals surface area contributed by atoms with E-state index in [4.69, 9.17) is 4.74 Å². The highest BCUT2D eigenvalue weighted by Gasteiger charge is 2.31. The molecule has 6 heteroatoms. The molecule has 2 aromatic rings. The van der Waals surface area contributed by atoms with Crippen molar-refractivity contribution in [1.82, 2.24) is 9.97 Å². The molecule has 1 aliphatic heterocycles. The Labute approximate surface area is 123 Å². The van der Waals surface area contributed by atoms with Crippen LogP contribution in [0.2, 0.25) is 0 Å². The van der Waals surface area contributed by atoms with Gasteiger partial charge in [0.15, 0.2) is 0 Å². The van der Waals surface area contributed by atoms with Gasteiger partial charge in [-0.15, -0.1) is 0 Å². The summed E-state index contributed by atoms with van der Waals surface area (Å²) in [4.78, 5) is 24.3. The Morgan fingerprint density at radius 1 is 1.14 bits per heavy atom. The van der Waals surface area contributed by atoms with Crippen LogP contribution in [-0.2, 0) is 0 Å². The Morgan fingerprint density at radius 2 is 1.95 bits per heavy atom. The van der Waals surface area contributed by atoms with E-state index in [9.17, 15) is 4.79 Å². The van der Waals surface area contributed by atoms with Crippen molar-refractivity contribution in [2.24, 2.45) is 0 Å². The van der Waals surface area contributed by atoms with Crippen LogP contribution in [0.15, 0.2) is 36.9 Å². The number of amides is 2. The van der Waals surface area contributed by atoms with Crippen molar-refractivity contribution in [3.63, 3.8) is 0 Å². The molecule has 0 aliphatic carbocycles. The monoisotopic (exact) mass is 284 g/mol. The number of aryl methyl sites for hydroxylation is 1. The summed E-state index contributed by atoms with van der Waals surface area (Å²) >= 11 is 0. The third-order valence-corrected chi connectivity index (χ3v) is 3.56. The Balaban J connectivity index is 1.88. The first-order valence-electron chi connectivity index (χ1n) is 6.69. The predicted molar refractivity (Wildman–Crippen MR) is 79.9 cm³/mol. The van der Waals surface area contributed by atoms with E-state index >= 15 is 0 Å². The summed E-state index contributed by atoms with van der Waals surface area (Å²) in [6, 6.07) is 3.64. The molecule has 0 saturated carbocycles. The number of hydrogen-bond donors (Lipinski definition) is 0. The zero-order chi connectivity index (χ0) is 14.8. The van der Waals surface area contributed by atoms with E-state index < -0.39 is 0 Å². The molecule has 21 heavy (non-hydrogen) atoms. The number of ether oxygens (including phenoxy) is 1. The second-order valence-electron chi connectivity index (χ2n) is 4.83. The topological polar surface area (TPSA) is 58.6 Å². The zero-order valence-corrected chi connectivity index (χ0v) is 12.0. The lowest BCUT2D eigenvalue weighted by Gasteiger charge is -2.19. The second kappa shape index (κ2) is 5.40. The van der Waals surface area contributed by atoms with Crippen molar-refractivity contribution in [3.8, 4) is 5.75 Å². The maximum absolute atomic E-state index is 12.6. The molecule has 0 radical (unpaired) electrons. The number of methoxy groups -OCH3 is 1. The number of pyridine rings is 2. The van der Waals surface area contributed by atoms with E-state index in [0.717, 1.165) is 16.9 Å². The number of anilines is 2. The van der Waals surface area contributed by atoms with Gasteiger partial charge in [0, 0.05) is 25.4 Å². The number of carbonyl (C=O) groups excluding carboxylic acids is 1. The van der Waals surface area contributed by atoms with Gasteiger partial charge in [0.25, 0.3) is 0 Å². The van der Waals surface area contributed by atoms with Gasteiger partial charge in [-0.1, -0.05) is 0 Å². The van der Waals surface area contributed by atoms with Gasteiger partial charge in [0.2, 0.25) is 0 Å². The van der Waals surface area contributed by atoms with Crippen molar-refractivity contribution in [2.45, 2.75) is 6.92 Å². The van der Waals surface area contributed by atoms with Crippen molar-refractivity contribution >= 4 is 17.4 Å². The van der Waals surface area contributed by atoms with Crippen molar-refractivity contribution in [3.05, 3.63) is 42.5 Å². The molecular weight excluding hydrogens is 268 g/mol. The van der Waals surface area contributed by atoms with Crippen LogP contribution >= 0.6 is 0 Å². The van der Waals surface area contributed by atoms with Crippen LogP contribution in [-0.4, -0.2) is 36.2 Å². The average molecular weight is 284 g/mol. The van der Waals surface area contributed by atoms with Gasteiger partial charge in [-0.25, -0.2) is 4.79 Å².